The Hall–Kier alpha value is -0.670. The summed E-state index contributed by atoms with van der Waals surface area (Å²) in [7, 11) is 0. The van der Waals surface area contributed by atoms with Crippen molar-refractivity contribution in [1.29, 1.82) is 0 Å². The van der Waals surface area contributed by atoms with Crippen LogP contribution in [0.25, 0.3) is 0 Å². The molecule has 1 unspecified atom stereocenters. The van der Waals surface area contributed by atoms with Gasteiger partial charge in [-0.3, -0.25) is 0 Å². The maximum Gasteiger partial charge on any atom is 0.0547 e. The molecular formula is C10H15NOS. The van der Waals surface area contributed by atoms with Gasteiger partial charge in [-0.2, -0.15) is 11.8 Å². The van der Waals surface area contributed by atoms with E-state index in [9.17, 15) is 0 Å². The molecule has 0 bridgehead atoms. The fourth-order valence-electron chi connectivity index (χ4n) is 0.905. The summed E-state index contributed by atoms with van der Waals surface area (Å²) in [6, 6.07) is 7.85. The number of benzene rings is 1. The van der Waals surface area contributed by atoms with Gasteiger partial charge in [0.1, 0.15) is 0 Å². The van der Waals surface area contributed by atoms with Crippen LogP contribution in [0, 0.1) is 0 Å². The molecule has 0 aromatic heterocycles. The summed E-state index contributed by atoms with van der Waals surface area (Å²) in [4.78, 5) is 0. The van der Waals surface area contributed by atoms with Crippen LogP contribution in [-0.4, -0.2) is 17.0 Å². The Morgan fingerprint density at radius 1 is 1.38 bits per heavy atom. The molecule has 3 N–H and O–H groups in total. The Kier molecular flexibility index (Phi) is 4.12. The minimum absolute atomic E-state index is 0.236. The van der Waals surface area contributed by atoms with Crippen LogP contribution < -0.4 is 5.73 Å². The molecule has 1 aromatic carbocycles. The normalized spacial score (nSPS) is 12.8. The zero-order valence-corrected chi connectivity index (χ0v) is 8.55. The number of hydrogen-bond acceptors (Lipinski definition) is 3. The lowest BCUT2D eigenvalue weighted by Gasteiger charge is -2.07. The Bertz CT molecular complexity index is 248. The number of thioether (sulfide) groups is 1. The van der Waals surface area contributed by atoms with Gasteiger partial charge in [-0.05, 0) is 17.7 Å². The molecule has 0 aliphatic carbocycles. The summed E-state index contributed by atoms with van der Waals surface area (Å²) in [5, 5.41) is 9.12. The molecule has 0 aliphatic heterocycles. The van der Waals surface area contributed by atoms with Gasteiger partial charge in [-0.15, -0.1) is 0 Å². The van der Waals surface area contributed by atoms with Crippen LogP contribution in [0.2, 0.25) is 0 Å². The fraction of sp³-hybridized carbons (Fsp3) is 0.400. The standard InChI is InChI=1S/C10H15NOS/c1-8(6-12)13-7-9-2-4-10(11)5-3-9/h2-5,8,12H,6-7,11H2,1H3. The monoisotopic (exact) mass is 197 g/mol. The van der Waals surface area contributed by atoms with E-state index in [1.807, 2.05) is 31.2 Å². The van der Waals surface area contributed by atoms with Crippen molar-refractivity contribution in [2.75, 3.05) is 12.3 Å². The lowest BCUT2D eigenvalue weighted by atomic mass is 10.2. The predicted octanol–water partition coefficient (Wildman–Crippen LogP) is 1.88. The summed E-state index contributed by atoms with van der Waals surface area (Å²) < 4.78 is 0. The highest BCUT2D eigenvalue weighted by Gasteiger charge is 2.00. The molecule has 0 heterocycles. The minimum Gasteiger partial charge on any atom is -0.399 e. The first-order valence-corrected chi connectivity index (χ1v) is 5.34. The van der Waals surface area contributed by atoms with Crippen molar-refractivity contribution in [3.05, 3.63) is 29.8 Å². The summed E-state index contributed by atoms with van der Waals surface area (Å²) >= 11 is 1.74. The zero-order valence-electron chi connectivity index (χ0n) is 7.73. The van der Waals surface area contributed by atoms with Crippen molar-refractivity contribution in [1.82, 2.24) is 0 Å². The summed E-state index contributed by atoms with van der Waals surface area (Å²) in [6.45, 7) is 2.25. The molecule has 0 amide bonds. The third-order valence-electron chi connectivity index (χ3n) is 1.77. The molecule has 1 rings (SSSR count). The van der Waals surface area contributed by atoms with Crippen molar-refractivity contribution in [3.63, 3.8) is 0 Å². The van der Waals surface area contributed by atoms with Crippen LogP contribution in [-0.2, 0) is 5.75 Å². The minimum atomic E-state index is 0.236. The van der Waals surface area contributed by atoms with Gasteiger partial charge in [-0.25, -0.2) is 0 Å². The number of nitrogens with two attached hydrogens (primary N) is 1. The molecule has 1 atom stereocenters. The van der Waals surface area contributed by atoms with E-state index < -0.39 is 0 Å². The summed E-state index contributed by atoms with van der Waals surface area (Å²) in [5.41, 5.74) is 7.61. The highest BCUT2D eigenvalue weighted by molar-refractivity contribution is 7.99. The van der Waals surface area contributed by atoms with Gasteiger partial charge >= 0.3 is 0 Å². The van der Waals surface area contributed by atoms with E-state index in [1.54, 1.807) is 11.8 Å². The Morgan fingerprint density at radius 2 is 2.00 bits per heavy atom. The quantitative estimate of drug-likeness (QED) is 0.724. The first-order chi connectivity index (χ1) is 6.22. The predicted molar refractivity (Wildman–Crippen MR) is 58.7 cm³/mol. The molecule has 72 valence electrons. The topological polar surface area (TPSA) is 46.2 Å². The van der Waals surface area contributed by atoms with Gasteiger partial charge in [0, 0.05) is 16.7 Å². The van der Waals surface area contributed by atoms with Crippen molar-refractivity contribution >= 4 is 17.4 Å². The van der Waals surface area contributed by atoms with Gasteiger partial charge < -0.3 is 10.8 Å². The third-order valence-corrected chi connectivity index (χ3v) is 2.99. The smallest absolute Gasteiger partial charge is 0.0547 e. The molecule has 0 radical (unpaired) electrons. The second-order valence-electron chi connectivity index (χ2n) is 3.05. The van der Waals surface area contributed by atoms with Crippen molar-refractivity contribution in [2.45, 2.75) is 17.9 Å². The SMILES string of the molecule is CC(CO)SCc1ccc(N)cc1. The van der Waals surface area contributed by atoms with Crippen LogP contribution >= 0.6 is 11.8 Å². The second kappa shape index (κ2) is 5.14. The van der Waals surface area contributed by atoms with E-state index in [0.717, 1.165) is 11.4 Å². The number of anilines is 1. The molecule has 2 nitrogen and oxygen atoms in total. The number of rotatable bonds is 4. The Balaban J connectivity index is 2.41. The first-order valence-electron chi connectivity index (χ1n) is 4.29. The highest BCUT2D eigenvalue weighted by Crippen LogP contribution is 2.17. The molecule has 1 aromatic rings. The average Bonchev–Trinajstić information content (AvgIpc) is 2.16. The number of aliphatic hydroxyl groups excluding tert-OH is 1. The van der Waals surface area contributed by atoms with E-state index in [0.29, 0.717) is 5.25 Å². The van der Waals surface area contributed by atoms with Crippen LogP contribution in [0.4, 0.5) is 5.69 Å². The largest absolute Gasteiger partial charge is 0.399 e. The van der Waals surface area contributed by atoms with Crippen molar-refractivity contribution in [3.8, 4) is 0 Å². The second-order valence-corrected chi connectivity index (χ2v) is 4.47. The van der Waals surface area contributed by atoms with E-state index in [2.05, 4.69) is 0 Å². The Morgan fingerprint density at radius 3 is 2.54 bits per heavy atom. The number of nitrogen functional groups attached to an aromatic ring is 1. The van der Waals surface area contributed by atoms with Crippen LogP contribution in [0.3, 0.4) is 0 Å². The van der Waals surface area contributed by atoms with E-state index in [-0.39, 0.29) is 6.61 Å². The van der Waals surface area contributed by atoms with Gasteiger partial charge in [0.25, 0.3) is 0 Å². The van der Waals surface area contributed by atoms with Gasteiger partial charge in [0.05, 0.1) is 6.61 Å². The number of aliphatic hydroxyl groups is 1. The molecule has 3 heteroatoms. The fourth-order valence-corrected chi connectivity index (χ4v) is 1.68. The molecule has 0 aliphatic rings. The van der Waals surface area contributed by atoms with Crippen LogP contribution in [0.15, 0.2) is 24.3 Å². The molecule has 0 spiro atoms. The van der Waals surface area contributed by atoms with Gasteiger partial charge in [-0.1, -0.05) is 19.1 Å². The van der Waals surface area contributed by atoms with Crippen molar-refractivity contribution < 1.29 is 5.11 Å². The summed E-state index contributed by atoms with van der Waals surface area (Å²) in [6.07, 6.45) is 0. The Labute approximate surface area is 83.1 Å². The third kappa shape index (κ3) is 3.70. The van der Waals surface area contributed by atoms with Crippen LogP contribution in [0.1, 0.15) is 12.5 Å². The lowest BCUT2D eigenvalue weighted by Crippen LogP contribution is -2.02. The summed E-state index contributed by atoms with van der Waals surface area (Å²) in [5.74, 6) is 0.933. The number of hydrogen-bond donors (Lipinski definition) is 2. The highest BCUT2D eigenvalue weighted by atomic mass is 32.2. The average molecular weight is 197 g/mol. The van der Waals surface area contributed by atoms with Crippen LogP contribution in [0.5, 0.6) is 0 Å². The maximum absolute atomic E-state index is 8.82. The molecule has 0 fully saturated rings. The van der Waals surface area contributed by atoms with E-state index in [4.69, 9.17) is 10.8 Å². The van der Waals surface area contributed by atoms with E-state index in [1.165, 1.54) is 5.56 Å². The van der Waals surface area contributed by atoms with E-state index >= 15 is 0 Å². The molecular weight excluding hydrogens is 182 g/mol. The molecule has 0 saturated heterocycles. The van der Waals surface area contributed by atoms with Crippen molar-refractivity contribution in [2.24, 2.45) is 0 Å². The maximum atomic E-state index is 8.82. The lowest BCUT2D eigenvalue weighted by molar-refractivity contribution is 0.300. The molecule has 13 heavy (non-hydrogen) atoms. The van der Waals surface area contributed by atoms with Gasteiger partial charge in [0.2, 0.25) is 0 Å². The van der Waals surface area contributed by atoms with Gasteiger partial charge in [0.15, 0.2) is 0 Å². The first kappa shape index (κ1) is 10.4. The molecule has 0 saturated carbocycles. The zero-order chi connectivity index (χ0) is 9.68.